The van der Waals surface area contributed by atoms with E-state index < -0.39 is 12.8 Å². The van der Waals surface area contributed by atoms with Crippen molar-refractivity contribution in [3.63, 3.8) is 0 Å². The Morgan fingerprint density at radius 1 is 1.14 bits per heavy atom. The molecular weight excluding hydrogens is 481 g/mol. The quantitative estimate of drug-likeness (QED) is 0.297. The molecule has 8 heteroatoms. The van der Waals surface area contributed by atoms with Gasteiger partial charge in [-0.05, 0) is 86.3 Å². The fraction of sp³-hybridized carbons (Fsp3) is 0.552. The summed E-state index contributed by atoms with van der Waals surface area (Å²) in [6.07, 6.45) is 3.56. The second-order valence-corrected chi connectivity index (χ2v) is 9.75. The van der Waals surface area contributed by atoms with Gasteiger partial charge in [0, 0.05) is 19.2 Å². The van der Waals surface area contributed by atoms with E-state index in [1.807, 2.05) is 6.07 Å². The maximum atomic E-state index is 12.5. The Kier molecular flexibility index (Phi) is 11.1. The van der Waals surface area contributed by atoms with Gasteiger partial charge >= 0.3 is 6.18 Å². The predicted octanol–water partition coefficient (Wildman–Crippen LogP) is 6.07. The maximum Gasteiger partial charge on any atom is 0.422 e. The molecule has 0 amide bonds. The number of unbranched alkanes of at least 4 members (excludes halogenated alkanes) is 2. The molecule has 0 spiro atoms. The second kappa shape index (κ2) is 14.3. The molecule has 0 bridgehead atoms. The van der Waals surface area contributed by atoms with Crippen molar-refractivity contribution in [2.75, 3.05) is 26.4 Å². The van der Waals surface area contributed by atoms with E-state index in [2.05, 4.69) is 24.4 Å². The van der Waals surface area contributed by atoms with Gasteiger partial charge in [-0.1, -0.05) is 31.0 Å². The third-order valence-electron chi connectivity index (χ3n) is 6.70. The molecule has 3 rings (SSSR count). The summed E-state index contributed by atoms with van der Waals surface area (Å²) in [4.78, 5) is 0. The van der Waals surface area contributed by atoms with Crippen LogP contribution in [0.5, 0.6) is 11.5 Å². The Hall–Kier alpha value is -2.76. The number of rotatable bonds is 14. The standard InChI is InChI=1S/C29H37F3N2O3/c1-21(34-13-15-36-26-11-4-5-12-27(26)37-20-29(30,31)32)16-22-17-24-10-7-9-23(8-3-2-6-14-35)28(24)25(18-22)19-33/h4-5,11-12,17-18,21,23,34-35H,2-3,6-10,13-16,20H2,1H3. The van der Waals surface area contributed by atoms with Crippen LogP contribution in [0.1, 0.15) is 73.6 Å². The van der Waals surface area contributed by atoms with E-state index >= 15 is 0 Å². The molecule has 0 radical (unpaired) electrons. The van der Waals surface area contributed by atoms with Crippen LogP contribution in [0.15, 0.2) is 36.4 Å². The van der Waals surface area contributed by atoms with Crippen LogP contribution in [0.2, 0.25) is 0 Å². The first kappa shape index (κ1) is 28.8. The van der Waals surface area contributed by atoms with Gasteiger partial charge in [0.25, 0.3) is 0 Å². The number of nitrogens with zero attached hydrogens (tertiary/aromatic N) is 1. The minimum atomic E-state index is -4.41. The number of aryl methyl sites for hydroxylation is 1. The van der Waals surface area contributed by atoms with Crippen molar-refractivity contribution in [1.82, 2.24) is 5.32 Å². The van der Waals surface area contributed by atoms with E-state index in [1.54, 1.807) is 18.2 Å². The fourth-order valence-corrected chi connectivity index (χ4v) is 5.07. The average molecular weight is 519 g/mol. The molecule has 2 atom stereocenters. The van der Waals surface area contributed by atoms with Crippen LogP contribution in [0, 0.1) is 11.3 Å². The highest BCUT2D eigenvalue weighted by atomic mass is 19.4. The number of nitriles is 1. The molecule has 2 aromatic carbocycles. The number of aliphatic hydroxyl groups is 1. The lowest BCUT2D eigenvalue weighted by atomic mass is 9.77. The van der Waals surface area contributed by atoms with E-state index in [-0.39, 0.29) is 30.8 Å². The van der Waals surface area contributed by atoms with Gasteiger partial charge in [-0.2, -0.15) is 18.4 Å². The Morgan fingerprint density at radius 2 is 1.89 bits per heavy atom. The molecule has 0 aliphatic heterocycles. The number of benzene rings is 2. The maximum absolute atomic E-state index is 12.5. The van der Waals surface area contributed by atoms with Gasteiger partial charge in [-0.25, -0.2) is 0 Å². The molecule has 202 valence electrons. The average Bonchev–Trinajstić information content (AvgIpc) is 2.87. The number of hydrogen-bond donors (Lipinski definition) is 2. The van der Waals surface area contributed by atoms with Gasteiger partial charge in [0.2, 0.25) is 0 Å². The van der Waals surface area contributed by atoms with Gasteiger partial charge in [0.05, 0.1) is 11.6 Å². The topological polar surface area (TPSA) is 74.5 Å². The largest absolute Gasteiger partial charge is 0.488 e. The molecule has 1 aliphatic carbocycles. The molecule has 1 aliphatic rings. The third kappa shape index (κ3) is 9.24. The summed E-state index contributed by atoms with van der Waals surface area (Å²) in [6, 6.07) is 13.2. The summed E-state index contributed by atoms with van der Waals surface area (Å²) in [5, 5.41) is 22.3. The van der Waals surface area contributed by atoms with Crippen molar-refractivity contribution in [2.24, 2.45) is 0 Å². The van der Waals surface area contributed by atoms with Crippen molar-refractivity contribution in [1.29, 1.82) is 5.26 Å². The molecule has 0 saturated carbocycles. The number of ether oxygens (including phenoxy) is 2. The van der Waals surface area contributed by atoms with Crippen molar-refractivity contribution < 1.29 is 27.8 Å². The van der Waals surface area contributed by atoms with Crippen LogP contribution in [0.25, 0.3) is 0 Å². The number of aliphatic hydroxyl groups excluding tert-OH is 1. The Balaban J connectivity index is 1.52. The molecule has 0 aromatic heterocycles. The number of halogens is 3. The van der Waals surface area contributed by atoms with Crippen LogP contribution in [-0.2, 0) is 12.8 Å². The summed E-state index contributed by atoms with van der Waals surface area (Å²) >= 11 is 0. The first-order chi connectivity index (χ1) is 17.8. The van der Waals surface area contributed by atoms with Crippen LogP contribution in [0.4, 0.5) is 13.2 Å². The normalized spacial score (nSPS) is 16.1. The molecule has 0 saturated heterocycles. The van der Waals surface area contributed by atoms with Gasteiger partial charge < -0.3 is 19.9 Å². The first-order valence-electron chi connectivity index (χ1n) is 13.1. The van der Waals surface area contributed by atoms with E-state index in [0.717, 1.165) is 62.5 Å². The van der Waals surface area contributed by atoms with Crippen molar-refractivity contribution in [3.8, 4) is 17.6 Å². The molecule has 2 unspecified atom stereocenters. The zero-order valence-electron chi connectivity index (χ0n) is 21.4. The molecule has 2 N–H and O–H groups in total. The summed E-state index contributed by atoms with van der Waals surface area (Å²) in [6.45, 7) is 1.73. The fourth-order valence-electron chi connectivity index (χ4n) is 5.07. The lowest BCUT2D eigenvalue weighted by Gasteiger charge is -2.28. The molecule has 2 aromatic rings. The van der Waals surface area contributed by atoms with Crippen LogP contribution in [-0.4, -0.2) is 43.7 Å². The zero-order chi connectivity index (χ0) is 26.7. The third-order valence-corrected chi connectivity index (χ3v) is 6.70. The number of para-hydroxylation sites is 2. The van der Waals surface area contributed by atoms with E-state index in [9.17, 15) is 18.4 Å². The number of nitrogens with one attached hydrogen (secondary N) is 1. The number of hydrogen-bond acceptors (Lipinski definition) is 5. The predicted molar refractivity (Wildman–Crippen MR) is 137 cm³/mol. The highest BCUT2D eigenvalue weighted by Crippen LogP contribution is 2.38. The summed E-state index contributed by atoms with van der Waals surface area (Å²) < 4.78 is 48.0. The molecular formula is C29H37F3N2O3. The van der Waals surface area contributed by atoms with Crippen molar-refractivity contribution >= 4 is 0 Å². The monoisotopic (exact) mass is 518 g/mol. The summed E-state index contributed by atoms with van der Waals surface area (Å²) in [5.74, 6) is 0.764. The van der Waals surface area contributed by atoms with Gasteiger partial charge in [-0.15, -0.1) is 0 Å². The molecule has 0 fully saturated rings. The minimum Gasteiger partial charge on any atom is -0.488 e. The van der Waals surface area contributed by atoms with Crippen LogP contribution >= 0.6 is 0 Å². The minimum absolute atomic E-state index is 0.0673. The molecule has 37 heavy (non-hydrogen) atoms. The highest BCUT2D eigenvalue weighted by Gasteiger charge is 2.29. The number of fused-ring (bicyclic) bond motifs is 1. The molecule has 5 nitrogen and oxygen atoms in total. The summed E-state index contributed by atoms with van der Waals surface area (Å²) in [5.41, 5.74) is 4.42. The number of alkyl halides is 3. The second-order valence-electron chi connectivity index (χ2n) is 9.75. The lowest BCUT2D eigenvalue weighted by Crippen LogP contribution is -2.32. The van der Waals surface area contributed by atoms with Crippen molar-refractivity contribution in [3.05, 3.63) is 58.7 Å². The lowest BCUT2D eigenvalue weighted by molar-refractivity contribution is -0.153. The Bertz CT molecular complexity index is 1040. The highest BCUT2D eigenvalue weighted by molar-refractivity contribution is 5.49. The van der Waals surface area contributed by atoms with Gasteiger partial charge in [-0.3, -0.25) is 0 Å². The van der Waals surface area contributed by atoms with E-state index in [4.69, 9.17) is 14.6 Å². The zero-order valence-corrected chi connectivity index (χ0v) is 21.4. The van der Waals surface area contributed by atoms with E-state index in [1.165, 1.54) is 17.2 Å². The SMILES string of the molecule is CC(Cc1cc(C#N)c2c(c1)CCCC2CCCCCO)NCCOc1ccccc1OCC(F)(F)F. The van der Waals surface area contributed by atoms with Gasteiger partial charge in [0.1, 0.15) is 6.61 Å². The van der Waals surface area contributed by atoms with Crippen molar-refractivity contribution in [2.45, 2.75) is 76.4 Å². The van der Waals surface area contributed by atoms with E-state index in [0.29, 0.717) is 12.5 Å². The summed E-state index contributed by atoms with van der Waals surface area (Å²) in [7, 11) is 0. The van der Waals surface area contributed by atoms with Crippen LogP contribution in [0.3, 0.4) is 0 Å². The Morgan fingerprint density at radius 3 is 2.59 bits per heavy atom. The smallest absolute Gasteiger partial charge is 0.422 e. The Labute approximate surface area is 217 Å². The molecule has 0 heterocycles. The van der Waals surface area contributed by atoms with Crippen LogP contribution < -0.4 is 14.8 Å². The first-order valence-corrected chi connectivity index (χ1v) is 13.1. The van der Waals surface area contributed by atoms with Gasteiger partial charge in [0.15, 0.2) is 18.1 Å².